The summed E-state index contributed by atoms with van der Waals surface area (Å²) in [5.74, 6) is 0.855. The Hall–Kier alpha value is -1.59. The summed E-state index contributed by atoms with van der Waals surface area (Å²) in [5, 5.41) is 3.56. The number of rotatable bonds is 3. The molecule has 4 rings (SSSR count). The molecule has 1 heterocycles. The minimum Gasteiger partial charge on any atom is -0.344 e. The van der Waals surface area contributed by atoms with Gasteiger partial charge < -0.3 is 16.0 Å². The second kappa shape index (κ2) is 7.20. The topological polar surface area (TPSA) is 75.4 Å². The maximum absolute atomic E-state index is 12.8. The van der Waals surface area contributed by atoms with Gasteiger partial charge in [0.15, 0.2) is 0 Å². The van der Waals surface area contributed by atoms with Crippen LogP contribution < -0.4 is 16.0 Å². The molecule has 1 saturated heterocycles. The normalized spacial score (nSPS) is 34.0. The average molecular weight is 376 g/mol. The fourth-order valence-corrected chi connectivity index (χ4v) is 5.25. The summed E-state index contributed by atoms with van der Waals surface area (Å²) in [7, 11) is 0. The molecule has 3 atom stereocenters. The summed E-state index contributed by atoms with van der Waals surface area (Å²) in [6, 6.07) is 7.13. The predicted octanol–water partition coefficient (Wildman–Crippen LogP) is 2.72. The number of nitrogens with one attached hydrogen (secondary N) is 1. The number of nitrogens with two attached hydrogens (primary N) is 1. The molecule has 26 heavy (non-hydrogen) atoms. The van der Waals surface area contributed by atoms with Crippen molar-refractivity contribution in [2.45, 2.75) is 50.6 Å². The lowest BCUT2D eigenvalue weighted by Crippen LogP contribution is -2.51. The first kappa shape index (κ1) is 17.8. The molecule has 3 aliphatic rings. The number of para-hydroxylation sites is 1. The zero-order valence-electron chi connectivity index (χ0n) is 14.9. The Bertz CT molecular complexity index is 696. The minimum atomic E-state index is -0.450. The van der Waals surface area contributed by atoms with Crippen molar-refractivity contribution in [1.29, 1.82) is 0 Å². The molecule has 3 unspecified atom stereocenters. The summed E-state index contributed by atoms with van der Waals surface area (Å²) >= 11 is 6.22. The van der Waals surface area contributed by atoms with Gasteiger partial charge in [-0.15, -0.1) is 0 Å². The molecule has 0 spiro atoms. The van der Waals surface area contributed by atoms with Crippen molar-refractivity contribution in [2.24, 2.45) is 23.5 Å². The molecular formula is C20H26ClN3O2. The number of halogens is 1. The van der Waals surface area contributed by atoms with Gasteiger partial charge in [0.2, 0.25) is 11.8 Å². The lowest BCUT2D eigenvalue weighted by molar-refractivity contribution is -0.131. The van der Waals surface area contributed by atoms with Crippen LogP contribution in [-0.4, -0.2) is 30.4 Å². The monoisotopic (exact) mass is 375 g/mol. The number of anilines is 1. The van der Waals surface area contributed by atoms with Crippen LogP contribution in [0.4, 0.5) is 5.69 Å². The van der Waals surface area contributed by atoms with E-state index in [2.05, 4.69) is 5.32 Å². The van der Waals surface area contributed by atoms with E-state index in [0.29, 0.717) is 35.5 Å². The van der Waals surface area contributed by atoms with Crippen molar-refractivity contribution >= 4 is 29.1 Å². The Morgan fingerprint density at radius 2 is 1.85 bits per heavy atom. The summed E-state index contributed by atoms with van der Waals surface area (Å²) in [5.41, 5.74) is 7.04. The van der Waals surface area contributed by atoms with E-state index in [1.807, 2.05) is 18.2 Å². The zero-order valence-corrected chi connectivity index (χ0v) is 15.6. The molecule has 2 bridgehead atoms. The van der Waals surface area contributed by atoms with Crippen molar-refractivity contribution in [2.75, 3.05) is 11.4 Å². The molecule has 2 aliphatic carbocycles. The first-order chi connectivity index (χ1) is 12.5. The zero-order chi connectivity index (χ0) is 18.3. The number of benzene rings is 1. The molecule has 1 aromatic rings. The maximum atomic E-state index is 12.8. The van der Waals surface area contributed by atoms with Gasteiger partial charge in [-0.3, -0.25) is 9.59 Å². The van der Waals surface area contributed by atoms with Gasteiger partial charge >= 0.3 is 0 Å². The van der Waals surface area contributed by atoms with Gasteiger partial charge in [0, 0.05) is 18.5 Å². The SMILES string of the molecule is NC1C2CCCC1CC(C(=O)NC1CCN(c3ccccc3Cl)C1=O)C2. The fourth-order valence-electron chi connectivity index (χ4n) is 5.02. The lowest BCUT2D eigenvalue weighted by atomic mass is 9.65. The van der Waals surface area contributed by atoms with Crippen molar-refractivity contribution in [3.8, 4) is 0 Å². The van der Waals surface area contributed by atoms with Gasteiger partial charge in [0.05, 0.1) is 10.7 Å². The lowest BCUT2D eigenvalue weighted by Gasteiger charge is -2.43. The quantitative estimate of drug-likeness (QED) is 0.852. The first-order valence-corrected chi connectivity index (χ1v) is 10.0. The molecule has 3 N–H and O–H groups in total. The number of amides is 2. The highest BCUT2D eigenvalue weighted by Crippen LogP contribution is 2.42. The number of hydrogen-bond donors (Lipinski definition) is 2. The van der Waals surface area contributed by atoms with Gasteiger partial charge in [0.1, 0.15) is 6.04 Å². The van der Waals surface area contributed by atoms with Gasteiger partial charge in [-0.2, -0.15) is 0 Å². The summed E-state index contributed by atoms with van der Waals surface area (Å²) in [6.07, 6.45) is 5.83. The van der Waals surface area contributed by atoms with Gasteiger partial charge in [0.25, 0.3) is 0 Å². The second-order valence-electron chi connectivity index (χ2n) is 7.99. The highest BCUT2D eigenvalue weighted by atomic mass is 35.5. The number of hydrogen-bond acceptors (Lipinski definition) is 3. The van der Waals surface area contributed by atoms with Gasteiger partial charge in [-0.25, -0.2) is 0 Å². The van der Waals surface area contributed by atoms with Crippen LogP contribution >= 0.6 is 11.6 Å². The molecule has 2 amide bonds. The molecule has 2 saturated carbocycles. The van der Waals surface area contributed by atoms with E-state index in [0.717, 1.165) is 25.7 Å². The van der Waals surface area contributed by atoms with Crippen LogP contribution in [0.1, 0.15) is 38.5 Å². The minimum absolute atomic E-state index is 0.00716. The number of carbonyl (C=O) groups excluding carboxylic acids is 2. The molecule has 1 aromatic carbocycles. The molecule has 0 aromatic heterocycles. The Labute approximate surface area is 159 Å². The van der Waals surface area contributed by atoms with E-state index in [9.17, 15) is 9.59 Å². The molecule has 6 heteroatoms. The Balaban J connectivity index is 1.40. The standard InChI is InChI=1S/C20H26ClN3O2/c21-15-6-1-2-7-17(15)24-9-8-16(20(24)26)23-19(25)14-10-12-4-3-5-13(11-14)18(12)22/h1-2,6-7,12-14,16,18H,3-5,8-11,22H2,(H,23,25). The fraction of sp³-hybridized carbons (Fsp3) is 0.600. The molecule has 140 valence electrons. The van der Waals surface area contributed by atoms with Crippen LogP contribution in [0.5, 0.6) is 0 Å². The number of carbonyl (C=O) groups is 2. The van der Waals surface area contributed by atoms with E-state index in [1.165, 1.54) is 6.42 Å². The average Bonchev–Trinajstić information content (AvgIpc) is 2.95. The van der Waals surface area contributed by atoms with Crippen molar-refractivity contribution in [1.82, 2.24) is 5.32 Å². The van der Waals surface area contributed by atoms with Crippen LogP contribution in [0.2, 0.25) is 5.02 Å². The van der Waals surface area contributed by atoms with Crippen LogP contribution in [0.25, 0.3) is 0 Å². The van der Waals surface area contributed by atoms with E-state index in [1.54, 1.807) is 11.0 Å². The van der Waals surface area contributed by atoms with Gasteiger partial charge in [-0.05, 0) is 56.1 Å². The highest BCUT2D eigenvalue weighted by Gasteiger charge is 2.42. The smallest absolute Gasteiger partial charge is 0.249 e. The largest absolute Gasteiger partial charge is 0.344 e. The number of fused-ring (bicyclic) bond motifs is 2. The molecule has 3 fully saturated rings. The number of nitrogens with zero attached hydrogens (tertiary/aromatic N) is 1. The molecular weight excluding hydrogens is 350 g/mol. The summed E-state index contributed by atoms with van der Waals surface area (Å²) in [4.78, 5) is 27.2. The molecule has 0 radical (unpaired) electrons. The summed E-state index contributed by atoms with van der Waals surface area (Å²) in [6.45, 7) is 0.578. The van der Waals surface area contributed by atoms with Crippen LogP contribution in [-0.2, 0) is 9.59 Å². The first-order valence-electron chi connectivity index (χ1n) is 9.66. The van der Waals surface area contributed by atoms with E-state index in [-0.39, 0.29) is 23.8 Å². The van der Waals surface area contributed by atoms with E-state index < -0.39 is 6.04 Å². The van der Waals surface area contributed by atoms with Crippen molar-refractivity contribution < 1.29 is 9.59 Å². The van der Waals surface area contributed by atoms with Crippen LogP contribution in [0, 0.1) is 17.8 Å². The van der Waals surface area contributed by atoms with Crippen LogP contribution in [0.15, 0.2) is 24.3 Å². The highest BCUT2D eigenvalue weighted by molar-refractivity contribution is 6.34. The Morgan fingerprint density at radius 3 is 2.54 bits per heavy atom. The third kappa shape index (κ3) is 3.23. The third-order valence-corrected chi connectivity index (χ3v) is 6.77. The predicted molar refractivity (Wildman–Crippen MR) is 102 cm³/mol. The Kier molecular flexibility index (Phi) is 4.93. The Morgan fingerprint density at radius 1 is 1.15 bits per heavy atom. The second-order valence-corrected chi connectivity index (χ2v) is 8.40. The van der Waals surface area contributed by atoms with Crippen LogP contribution in [0.3, 0.4) is 0 Å². The molecule has 5 nitrogen and oxygen atoms in total. The van der Waals surface area contributed by atoms with Gasteiger partial charge in [-0.1, -0.05) is 30.2 Å². The maximum Gasteiger partial charge on any atom is 0.249 e. The summed E-state index contributed by atoms with van der Waals surface area (Å²) < 4.78 is 0. The van der Waals surface area contributed by atoms with Crippen molar-refractivity contribution in [3.63, 3.8) is 0 Å². The molecule has 1 aliphatic heterocycles. The van der Waals surface area contributed by atoms with Crippen molar-refractivity contribution in [3.05, 3.63) is 29.3 Å². The van der Waals surface area contributed by atoms with E-state index >= 15 is 0 Å². The third-order valence-electron chi connectivity index (χ3n) is 6.45. The van der Waals surface area contributed by atoms with E-state index in [4.69, 9.17) is 17.3 Å².